The van der Waals surface area contributed by atoms with E-state index in [1.807, 2.05) is 32.1 Å². The molecule has 1 aromatic carbocycles. The highest BCUT2D eigenvalue weighted by atomic mass is 35.5. The Hall–Kier alpha value is -2.04. The maximum Gasteiger partial charge on any atom is 0.312 e. The van der Waals surface area contributed by atoms with Gasteiger partial charge in [0.25, 0.3) is 0 Å². The van der Waals surface area contributed by atoms with Crippen molar-refractivity contribution in [1.29, 1.82) is 0 Å². The van der Waals surface area contributed by atoms with Crippen LogP contribution in [0, 0.1) is 5.92 Å². The zero-order chi connectivity index (χ0) is 18.9. The van der Waals surface area contributed by atoms with Gasteiger partial charge in [0.05, 0.1) is 18.6 Å². The van der Waals surface area contributed by atoms with Gasteiger partial charge in [0.2, 0.25) is 0 Å². The lowest BCUT2D eigenvalue weighted by molar-refractivity contribution is -0.149. The summed E-state index contributed by atoms with van der Waals surface area (Å²) in [6, 6.07) is 9.15. The summed E-state index contributed by atoms with van der Waals surface area (Å²) >= 11 is 12.9. The van der Waals surface area contributed by atoms with Crippen LogP contribution in [-0.2, 0) is 15.1 Å². The van der Waals surface area contributed by atoms with E-state index < -0.39 is 11.5 Å². The van der Waals surface area contributed by atoms with Gasteiger partial charge in [0, 0.05) is 34.1 Å². The number of nitrogens with zero attached hydrogens (tertiary/aromatic N) is 1. The van der Waals surface area contributed by atoms with Gasteiger partial charge in [0.15, 0.2) is 0 Å². The van der Waals surface area contributed by atoms with Crippen LogP contribution in [-0.4, -0.2) is 18.1 Å². The number of hydrogen-bond acceptors (Lipinski definition) is 4. The first-order chi connectivity index (χ1) is 12.4. The quantitative estimate of drug-likeness (QED) is 0.772. The van der Waals surface area contributed by atoms with E-state index in [9.17, 15) is 4.79 Å². The third kappa shape index (κ3) is 3.19. The maximum absolute atomic E-state index is 12.9. The van der Waals surface area contributed by atoms with Crippen LogP contribution in [0.5, 0.6) is 0 Å². The van der Waals surface area contributed by atoms with Crippen LogP contribution in [0.4, 0.5) is 0 Å². The van der Waals surface area contributed by atoms with E-state index >= 15 is 0 Å². The molecule has 3 unspecified atom stereocenters. The second-order valence-electron chi connectivity index (χ2n) is 6.58. The fourth-order valence-corrected chi connectivity index (χ4v) is 4.41. The van der Waals surface area contributed by atoms with Crippen molar-refractivity contribution >= 4 is 29.2 Å². The van der Waals surface area contributed by atoms with Crippen LogP contribution < -0.4 is 5.32 Å². The Morgan fingerprint density at radius 2 is 1.92 bits per heavy atom. The molecule has 0 saturated heterocycles. The van der Waals surface area contributed by atoms with Gasteiger partial charge in [-0.3, -0.25) is 9.78 Å². The predicted molar refractivity (Wildman–Crippen MR) is 103 cm³/mol. The highest BCUT2D eigenvalue weighted by Crippen LogP contribution is 2.47. The molecule has 0 aliphatic carbocycles. The van der Waals surface area contributed by atoms with Gasteiger partial charge in [-0.25, -0.2) is 0 Å². The van der Waals surface area contributed by atoms with Crippen molar-refractivity contribution in [3.8, 4) is 0 Å². The first-order valence-corrected chi connectivity index (χ1v) is 9.03. The van der Waals surface area contributed by atoms with Crippen LogP contribution in [0.15, 0.2) is 54.5 Å². The van der Waals surface area contributed by atoms with Crippen LogP contribution in [0.2, 0.25) is 10.0 Å². The summed E-state index contributed by atoms with van der Waals surface area (Å²) in [5.74, 6) is -1.25. The number of ether oxygens (including phenoxy) is 1. The number of hydrogen-bond donors (Lipinski definition) is 1. The Labute approximate surface area is 163 Å². The van der Waals surface area contributed by atoms with Gasteiger partial charge in [-0.15, -0.1) is 0 Å². The molecule has 2 aromatic rings. The van der Waals surface area contributed by atoms with Crippen molar-refractivity contribution in [2.45, 2.75) is 25.3 Å². The SMILES string of the molecule is COC(=O)C1C(c2c(Cl)cccc2Cl)C=C(C)NC1(C)c1cccnc1. The normalized spacial score (nSPS) is 25.2. The van der Waals surface area contributed by atoms with Crippen molar-refractivity contribution in [2.75, 3.05) is 7.11 Å². The standard InChI is InChI=1S/C20H20Cl2N2O2/c1-12-10-14(17-15(21)7-4-8-16(17)22)18(19(25)26-3)20(2,24-12)13-6-5-9-23-11-13/h4-11,14,18,24H,1-3H3. The number of pyridine rings is 1. The van der Waals surface area contributed by atoms with Crippen LogP contribution >= 0.6 is 23.2 Å². The molecule has 1 aliphatic rings. The van der Waals surface area contributed by atoms with Gasteiger partial charge >= 0.3 is 5.97 Å². The van der Waals surface area contributed by atoms with Gasteiger partial charge in [-0.1, -0.05) is 41.4 Å². The third-order valence-electron chi connectivity index (χ3n) is 4.92. The van der Waals surface area contributed by atoms with Crippen LogP contribution in [0.3, 0.4) is 0 Å². The molecule has 3 rings (SSSR count). The fraction of sp³-hybridized carbons (Fsp3) is 0.300. The van der Waals surface area contributed by atoms with Crippen molar-refractivity contribution < 1.29 is 9.53 Å². The number of aromatic nitrogens is 1. The molecular weight excluding hydrogens is 371 g/mol. The Morgan fingerprint density at radius 1 is 1.23 bits per heavy atom. The van der Waals surface area contributed by atoms with Gasteiger partial charge < -0.3 is 10.1 Å². The Kier molecular flexibility index (Phi) is 5.26. The first-order valence-electron chi connectivity index (χ1n) is 8.27. The highest BCUT2D eigenvalue weighted by molar-refractivity contribution is 6.36. The Balaban J connectivity index is 2.23. The lowest BCUT2D eigenvalue weighted by Crippen LogP contribution is -2.53. The summed E-state index contributed by atoms with van der Waals surface area (Å²) in [5.41, 5.74) is 1.81. The second kappa shape index (κ2) is 7.29. The predicted octanol–water partition coefficient (Wildman–Crippen LogP) is 4.68. The summed E-state index contributed by atoms with van der Waals surface area (Å²) < 4.78 is 5.16. The third-order valence-corrected chi connectivity index (χ3v) is 5.58. The number of nitrogens with one attached hydrogen (secondary N) is 1. The minimum Gasteiger partial charge on any atom is -0.469 e. The highest BCUT2D eigenvalue weighted by Gasteiger charge is 2.49. The lowest BCUT2D eigenvalue weighted by Gasteiger charge is -2.45. The second-order valence-corrected chi connectivity index (χ2v) is 7.40. The van der Waals surface area contributed by atoms with E-state index in [0.29, 0.717) is 10.0 Å². The number of carbonyl (C=O) groups is 1. The molecule has 4 nitrogen and oxygen atoms in total. The Morgan fingerprint density at radius 3 is 2.50 bits per heavy atom. The number of benzene rings is 1. The molecule has 0 spiro atoms. The van der Waals surface area contributed by atoms with E-state index in [0.717, 1.165) is 16.8 Å². The molecule has 1 aromatic heterocycles. The molecule has 0 saturated carbocycles. The van der Waals surface area contributed by atoms with E-state index in [1.54, 1.807) is 30.6 Å². The van der Waals surface area contributed by atoms with Gasteiger partial charge in [-0.05, 0) is 43.2 Å². The van der Waals surface area contributed by atoms with E-state index in [-0.39, 0.29) is 11.9 Å². The van der Waals surface area contributed by atoms with E-state index in [4.69, 9.17) is 27.9 Å². The molecule has 0 fully saturated rings. The minimum absolute atomic E-state index is 0.338. The molecule has 0 bridgehead atoms. The minimum atomic E-state index is -0.729. The number of methoxy groups -OCH3 is 1. The van der Waals surface area contributed by atoms with Crippen LogP contribution in [0.1, 0.15) is 30.9 Å². The molecule has 0 amide bonds. The lowest BCUT2D eigenvalue weighted by atomic mass is 9.68. The molecule has 1 aliphatic heterocycles. The van der Waals surface area contributed by atoms with Crippen molar-refractivity contribution in [3.63, 3.8) is 0 Å². The Bertz CT molecular complexity index is 834. The average molecular weight is 391 g/mol. The molecule has 26 heavy (non-hydrogen) atoms. The fourth-order valence-electron chi connectivity index (χ4n) is 3.76. The smallest absolute Gasteiger partial charge is 0.312 e. The summed E-state index contributed by atoms with van der Waals surface area (Å²) in [6.07, 6.45) is 5.44. The molecule has 0 radical (unpaired) electrons. The number of carbonyl (C=O) groups excluding carboxylic acids is 1. The van der Waals surface area contributed by atoms with Crippen molar-refractivity contribution in [1.82, 2.24) is 10.3 Å². The number of halogens is 2. The van der Waals surface area contributed by atoms with Crippen LogP contribution in [0.25, 0.3) is 0 Å². The summed E-state index contributed by atoms with van der Waals surface area (Å²) in [5, 5.41) is 4.50. The van der Waals surface area contributed by atoms with E-state index in [1.165, 1.54) is 7.11 Å². The van der Waals surface area contributed by atoms with Gasteiger partial charge in [0.1, 0.15) is 0 Å². The molecule has 2 heterocycles. The van der Waals surface area contributed by atoms with Crippen molar-refractivity contribution in [3.05, 3.63) is 75.7 Å². The first kappa shape index (κ1) is 18.7. The molecule has 136 valence electrons. The van der Waals surface area contributed by atoms with Crippen molar-refractivity contribution in [2.24, 2.45) is 5.92 Å². The number of esters is 1. The molecule has 6 heteroatoms. The summed E-state index contributed by atoms with van der Waals surface area (Å²) in [4.78, 5) is 17.1. The van der Waals surface area contributed by atoms with E-state index in [2.05, 4.69) is 10.3 Å². The summed E-state index contributed by atoms with van der Waals surface area (Å²) in [7, 11) is 1.39. The largest absolute Gasteiger partial charge is 0.469 e. The summed E-state index contributed by atoms with van der Waals surface area (Å²) in [6.45, 7) is 3.93. The zero-order valence-corrected chi connectivity index (χ0v) is 16.3. The topological polar surface area (TPSA) is 51.2 Å². The monoisotopic (exact) mass is 390 g/mol. The number of allylic oxidation sites excluding steroid dienone is 2. The maximum atomic E-state index is 12.9. The molecular formula is C20H20Cl2N2O2. The molecule has 1 N–H and O–H groups in total. The number of rotatable bonds is 3. The molecule has 3 atom stereocenters. The average Bonchev–Trinajstić information content (AvgIpc) is 2.61. The van der Waals surface area contributed by atoms with Gasteiger partial charge in [-0.2, -0.15) is 0 Å². The zero-order valence-electron chi connectivity index (χ0n) is 14.8.